The Labute approximate surface area is 101 Å². The highest BCUT2D eigenvalue weighted by atomic mass is 32.2. The van der Waals surface area contributed by atoms with Crippen molar-refractivity contribution in [3.8, 4) is 0 Å². The molecule has 2 aromatic rings. The average molecular weight is 278 g/mol. The Bertz CT molecular complexity index is 539. The van der Waals surface area contributed by atoms with Gasteiger partial charge in [-0.25, -0.2) is 4.21 Å². The van der Waals surface area contributed by atoms with E-state index in [1.54, 1.807) is 30.3 Å². The highest BCUT2D eigenvalue weighted by Gasteiger charge is 2.36. The molecule has 3 nitrogen and oxygen atoms in total. The van der Waals surface area contributed by atoms with Crippen LogP contribution in [0.1, 0.15) is 5.01 Å². The fourth-order valence-corrected chi connectivity index (χ4v) is 3.04. The van der Waals surface area contributed by atoms with Crippen LogP contribution >= 0.6 is 11.3 Å². The van der Waals surface area contributed by atoms with Crippen molar-refractivity contribution in [2.75, 3.05) is 0 Å². The lowest BCUT2D eigenvalue weighted by atomic mass is 10.4. The lowest BCUT2D eigenvalue weighted by Gasteiger charge is -1.98. The van der Waals surface area contributed by atoms with Crippen LogP contribution in [0.2, 0.25) is 0 Å². The van der Waals surface area contributed by atoms with Crippen molar-refractivity contribution >= 4 is 22.1 Å². The van der Waals surface area contributed by atoms with E-state index < -0.39 is 22.0 Å². The van der Waals surface area contributed by atoms with Crippen LogP contribution in [0.4, 0.5) is 13.2 Å². The molecule has 0 N–H and O–H groups in total. The summed E-state index contributed by atoms with van der Waals surface area (Å²) in [4.78, 5) is 0.400. The highest BCUT2D eigenvalue weighted by Crippen LogP contribution is 2.33. The molecule has 0 aliphatic carbocycles. The molecule has 0 spiro atoms. The monoisotopic (exact) mass is 278 g/mol. The molecular weight excluding hydrogens is 273 g/mol. The largest absolute Gasteiger partial charge is 0.445 e. The van der Waals surface area contributed by atoms with Gasteiger partial charge in [-0.2, -0.15) is 13.2 Å². The lowest BCUT2D eigenvalue weighted by Crippen LogP contribution is -2.03. The number of nitrogens with zero attached hydrogens (tertiary/aromatic N) is 2. The maximum Gasteiger partial charge on any atom is 0.445 e. The molecule has 0 amide bonds. The van der Waals surface area contributed by atoms with E-state index in [0.29, 0.717) is 16.2 Å². The van der Waals surface area contributed by atoms with Crippen molar-refractivity contribution in [2.45, 2.75) is 15.4 Å². The quantitative estimate of drug-likeness (QED) is 0.848. The number of alkyl halides is 3. The minimum Gasteiger partial charge on any atom is -0.247 e. The van der Waals surface area contributed by atoms with E-state index in [-0.39, 0.29) is 4.34 Å². The zero-order valence-corrected chi connectivity index (χ0v) is 9.77. The fourth-order valence-electron chi connectivity index (χ4n) is 1.04. The molecule has 0 saturated heterocycles. The highest BCUT2D eigenvalue weighted by molar-refractivity contribution is 7.87. The third kappa shape index (κ3) is 2.70. The van der Waals surface area contributed by atoms with Crippen molar-refractivity contribution in [3.05, 3.63) is 35.3 Å². The van der Waals surface area contributed by atoms with Gasteiger partial charge < -0.3 is 0 Å². The van der Waals surface area contributed by atoms with E-state index in [1.165, 1.54) is 0 Å². The van der Waals surface area contributed by atoms with Crippen molar-refractivity contribution < 1.29 is 17.4 Å². The average Bonchev–Trinajstić information content (AvgIpc) is 2.78. The molecule has 1 aromatic heterocycles. The minimum absolute atomic E-state index is 0.150. The normalized spacial score (nSPS) is 13.6. The maximum atomic E-state index is 12.3. The van der Waals surface area contributed by atoms with E-state index in [2.05, 4.69) is 10.2 Å². The predicted octanol–water partition coefficient (Wildman–Crippen LogP) is 2.72. The summed E-state index contributed by atoms with van der Waals surface area (Å²) in [6.45, 7) is 0. The minimum atomic E-state index is -4.54. The summed E-state index contributed by atoms with van der Waals surface area (Å²) >= 11 is 0.295. The smallest absolute Gasteiger partial charge is 0.247 e. The summed E-state index contributed by atoms with van der Waals surface area (Å²) in [5, 5.41) is 5.21. The Morgan fingerprint density at radius 3 is 2.29 bits per heavy atom. The molecule has 0 aliphatic rings. The number of rotatable bonds is 2. The van der Waals surface area contributed by atoms with Crippen LogP contribution in [0.25, 0.3) is 0 Å². The summed E-state index contributed by atoms with van der Waals surface area (Å²) in [6, 6.07) is 8.15. The fraction of sp³-hybridized carbons (Fsp3) is 0.111. The van der Waals surface area contributed by atoms with Crippen LogP contribution < -0.4 is 0 Å². The van der Waals surface area contributed by atoms with Crippen LogP contribution in [0, 0.1) is 0 Å². The SMILES string of the molecule is O=S(c1ccccc1)c1nnc(C(F)(F)F)s1. The molecule has 0 fully saturated rings. The zero-order valence-electron chi connectivity index (χ0n) is 8.14. The van der Waals surface area contributed by atoms with E-state index in [0.717, 1.165) is 0 Å². The van der Waals surface area contributed by atoms with Gasteiger partial charge in [-0.1, -0.05) is 29.5 Å². The van der Waals surface area contributed by atoms with E-state index in [9.17, 15) is 17.4 Å². The van der Waals surface area contributed by atoms with Gasteiger partial charge in [0.1, 0.15) is 10.8 Å². The number of halogens is 3. The molecule has 90 valence electrons. The Balaban J connectivity index is 2.30. The second-order valence-electron chi connectivity index (χ2n) is 2.95. The van der Waals surface area contributed by atoms with Gasteiger partial charge in [0.05, 0.1) is 0 Å². The molecular formula is C9H5F3N2OS2. The van der Waals surface area contributed by atoms with Crippen LogP contribution in [-0.2, 0) is 17.0 Å². The number of aromatic nitrogens is 2. The van der Waals surface area contributed by atoms with E-state index in [4.69, 9.17) is 0 Å². The standard InChI is InChI=1S/C9H5F3N2OS2/c10-9(11,12)7-13-14-8(16-7)17(15)6-4-2-1-3-5-6/h1-5H. The molecule has 8 heteroatoms. The first kappa shape index (κ1) is 12.2. The first-order valence-electron chi connectivity index (χ1n) is 4.36. The molecule has 0 aliphatic heterocycles. The molecule has 1 heterocycles. The van der Waals surface area contributed by atoms with Crippen molar-refractivity contribution in [2.24, 2.45) is 0 Å². The molecule has 0 radical (unpaired) electrons. The van der Waals surface area contributed by atoms with E-state index in [1.807, 2.05) is 0 Å². The summed E-state index contributed by atoms with van der Waals surface area (Å²) in [5.74, 6) is 0. The Morgan fingerprint density at radius 2 is 1.76 bits per heavy atom. The van der Waals surface area contributed by atoms with Gasteiger partial charge in [-0.05, 0) is 12.1 Å². The lowest BCUT2D eigenvalue weighted by molar-refractivity contribution is -0.138. The molecule has 1 unspecified atom stereocenters. The van der Waals surface area contributed by atoms with Gasteiger partial charge in [-0.3, -0.25) is 0 Å². The second-order valence-corrected chi connectivity index (χ2v) is 5.58. The predicted molar refractivity (Wildman–Crippen MR) is 56.0 cm³/mol. The number of hydrogen-bond donors (Lipinski definition) is 0. The Hall–Kier alpha value is -1.28. The molecule has 17 heavy (non-hydrogen) atoms. The molecule has 0 bridgehead atoms. The Kier molecular flexibility index (Phi) is 3.25. The summed E-state index contributed by atoms with van der Waals surface area (Å²) in [7, 11) is -1.72. The van der Waals surface area contributed by atoms with Crippen molar-refractivity contribution in [1.82, 2.24) is 10.2 Å². The van der Waals surface area contributed by atoms with E-state index >= 15 is 0 Å². The van der Waals surface area contributed by atoms with Gasteiger partial charge in [0.2, 0.25) is 9.35 Å². The number of benzene rings is 1. The molecule has 0 saturated carbocycles. The van der Waals surface area contributed by atoms with Crippen molar-refractivity contribution in [3.63, 3.8) is 0 Å². The number of hydrogen-bond acceptors (Lipinski definition) is 4. The first-order chi connectivity index (χ1) is 7.98. The van der Waals surface area contributed by atoms with Gasteiger partial charge >= 0.3 is 6.18 Å². The zero-order chi connectivity index (χ0) is 12.5. The van der Waals surface area contributed by atoms with Crippen LogP contribution in [0.15, 0.2) is 39.6 Å². The molecule has 1 atom stereocenters. The maximum absolute atomic E-state index is 12.3. The summed E-state index contributed by atoms with van der Waals surface area (Å²) in [5.41, 5.74) is 0. The third-order valence-corrected chi connectivity index (χ3v) is 4.33. The first-order valence-corrected chi connectivity index (χ1v) is 6.32. The van der Waals surface area contributed by atoms with Gasteiger partial charge in [-0.15, -0.1) is 10.2 Å². The van der Waals surface area contributed by atoms with Crippen LogP contribution in [0.5, 0.6) is 0 Å². The van der Waals surface area contributed by atoms with Crippen LogP contribution in [0.3, 0.4) is 0 Å². The molecule has 2 rings (SSSR count). The third-order valence-electron chi connectivity index (χ3n) is 1.76. The topological polar surface area (TPSA) is 42.9 Å². The summed E-state index contributed by atoms with van der Waals surface area (Å²) in [6.07, 6.45) is -4.54. The van der Waals surface area contributed by atoms with Gasteiger partial charge in [0.25, 0.3) is 0 Å². The molecule has 1 aromatic carbocycles. The second kappa shape index (κ2) is 4.53. The summed E-state index contributed by atoms with van der Waals surface area (Å²) < 4.78 is 48.5. The van der Waals surface area contributed by atoms with Gasteiger partial charge in [0, 0.05) is 4.90 Å². The van der Waals surface area contributed by atoms with Crippen molar-refractivity contribution in [1.29, 1.82) is 0 Å². The Morgan fingerprint density at radius 1 is 1.12 bits per heavy atom. The van der Waals surface area contributed by atoms with Crippen LogP contribution in [-0.4, -0.2) is 14.4 Å². The van der Waals surface area contributed by atoms with Gasteiger partial charge in [0.15, 0.2) is 0 Å².